The van der Waals surface area contributed by atoms with Crippen molar-refractivity contribution in [2.45, 2.75) is 0 Å². The van der Waals surface area contributed by atoms with Gasteiger partial charge in [0.05, 0.1) is 24.4 Å². The number of fused-ring (bicyclic) bond motifs is 1. The van der Waals surface area contributed by atoms with E-state index in [9.17, 15) is 0 Å². The maximum Gasteiger partial charge on any atom is 0.181 e. The quantitative estimate of drug-likeness (QED) is 0.565. The van der Waals surface area contributed by atoms with Gasteiger partial charge in [-0.05, 0) is 48.5 Å². The summed E-state index contributed by atoms with van der Waals surface area (Å²) in [5.74, 6) is 2.36. The van der Waals surface area contributed by atoms with Crippen molar-refractivity contribution in [2.75, 3.05) is 7.11 Å². The largest absolute Gasteiger partial charge is 0.497 e. The van der Waals surface area contributed by atoms with Crippen molar-refractivity contribution < 1.29 is 9.15 Å². The SMILES string of the molecule is COc1ccc(-n2c(-c3ccco3)nc3ccccc32)cc1. The van der Waals surface area contributed by atoms with Crippen LogP contribution in [0.15, 0.2) is 71.3 Å². The molecular weight excluding hydrogens is 276 g/mol. The molecule has 0 bridgehead atoms. The Morgan fingerprint density at radius 3 is 2.50 bits per heavy atom. The van der Waals surface area contributed by atoms with Crippen LogP contribution in [0, 0.1) is 0 Å². The first-order valence-corrected chi connectivity index (χ1v) is 7.02. The molecule has 2 aromatic carbocycles. The Labute approximate surface area is 127 Å². The number of aromatic nitrogens is 2. The summed E-state index contributed by atoms with van der Waals surface area (Å²) >= 11 is 0. The number of benzene rings is 2. The number of ether oxygens (including phenoxy) is 1. The summed E-state index contributed by atoms with van der Waals surface area (Å²) in [4.78, 5) is 4.71. The molecule has 0 aliphatic rings. The maximum absolute atomic E-state index is 5.55. The van der Waals surface area contributed by atoms with E-state index in [0.29, 0.717) is 0 Å². The van der Waals surface area contributed by atoms with E-state index < -0.39 is 0 Å². The zero-order chi connectivity index (χ0) is 14.9. The van der Waals surface area contributed by atoms with Crippen molar-refractivity contribution in [2.24, 2.45) is 0 Å². The molecule has 0 radical (unpaired) electrons. The van der Waals surface area contributed by atoms with Crippen LogP contribution in [0.2, 0.25) is 0 Å². The van der Waals surface area contributed by atoms with Crippen LogP contribution in [0.25, 0.3) is 28.3 Å². The molecule has 0 fully saturated rings. The van der Waals surface area contributed by atoms with Crippen LogP contribution in [0.1, 0.15) is 0 Å². The number of rotatable bonds is 3. The van der Waals surface area contributed by atoms with Gasteiger partial charge in [0.15, 0.2) is 11.6 Å². The van der Waals surface area contributed by atoms with Gasteiger partial charge in [0.1, 0.15) is 5.75 Å². The van der Waals surface area contributed by atoms with Gasteiger partial charge in [0.2, 0.25) is 0 Å². The number of hydrogen-bond donors (Lipinski definition) is 0. The molecule has 0 saturated heterocycles. The van der Waals surface area contributed by atoms with E-state index in [-0.39, 0.29) is 0 Å². The molecule has 4 nitrogen and oxygen atoms in total. The van der Waals surface area contributed by atoms with Gasteiger partial charge in [-0.3, -0.25) is 4.57 Å². The van der Waals surface area contributed by atoms with Crippen molar-refractivity contribution in [3.8, 4) is 23.0 Å². The van der Waals surface area contributed by atoms with Gasteiger partial charge in [-0.2, -0.15) is 0 Å². The monoisotopic (exact) mass is 290 g/mol. The van der Waals surface area contributed by atoms with Crippen LogP contribution in [-0.2, 0) is 0 Å². The average molecular weight is 290 g/mol. The van der Waals surface area contributed by atoms with Crippen molar-refractivity contribution in [3.05, 3.63) is 66.9 Å². The molecule has 0 atom stereocenters. The molecule has 0 N–H and O–H groups in total. The summed E-state index contributed by atoms with van der Waals surface area (Å²) in [6.45, 7) is 0. The van der Waals surface area contributed by atoms with Crippen LogP contribution in [0.4, 0.5) is 0 Å². The van der Waals surface area contributed by atoms with E-state index >= 15 is 0 Å². The predicted molar refractivity (Wildman–Crippen MR) is 85.3 cm³/mol. The lowest BCUT2D eigenvalue weighted by atomic mass is 10.2. The summed E-state index contributed by atoms with van der Waals surface area (Å²) in [5.41, 5.74) is 2.99. The predicted octanol–water partition coefficient (Wildman–Crippen LogP) is 4.29. The highest BCUT2D eigenvalue weighted by molar-refractivity contribution is 5.82. The van der Waals surface area contributed by atoms with E-state index in [1.165, 1.54) is 0 Å². The minimum Gasteiger partial charge on any atom is -0.497 e. The number of para-hydroxylation sites is 2. The van der Waals surface area contributed by atoms with Crippen LogP contribution in [0.5, 0.6) is 5.75 Å². The van der Waals surface area contributed by atoms with E-state index in [4.69, 9.17) is 14.1 Å². The Kier molecular flexibility index (Phi) is 2.93. The molecule has 108 valence electrons. The summed E-state index contributed by atoms with van der Waals surface area (Å²) in [5, 5.41) is 0. The molecule has 0 aliphatic carbocycles. The van der Waals surface area contributed by atoms with E-state index in [0.717, 1.165) is 34.1 Å². The van der Waals surface area contributed by atoms with Crippen molar-refractivity contribution in [1.82, 2.24) is 9.55 Å². The molecule has 2 aromatic heterocycles. The van der Waals surface area contributed by atoms with Crippen LogP contribution in [0.3, 0.4) is 0 Å². The number of imidazole rings is 1. The third-order valence-electron chi connectivity index (χ3n) is 3.63. The molecule has 4 heteroatoms. The number of nitrogens with zero attached hydrogens (tertiary/aromatic N) is 2. The molecule has 0 unspecified atom stereocenters. The topological polar surface area (TPSA) is 40.2 Å². The number of hydrogen-bond acceptors (Lipinski definition) is 3. The highest BCUT2D eigenvalue weighted by Gasteiger charge is 2.15. The third-order valence-corrected chi connectivity index (χ3v) is 3.63. The highest BCUT2D eigenvalue weighted by atomic mass is 16.5. The van der Waals surface area contributed by atoms with Crippen molar-refractivity contribution in [3.63, 3.8) is 0 Å². The van der Waals surface area contributed by atoms with Gasteiger partial charge in [0, 0.05) is 5.69 Å². The summed E-state index contributed by atoms with van der Waals surface area (Å²) in [6.07, 6.45) is 1.66. The molecule has 4 rings (SSSR count). The number of furan rings is 1. The Bertz CT molecular complexity index is 906. The van der Waals surface area contributed by atoms with Crippen molar-refractivity contribution in [1.29, 1.82) is 0 Å². The molecule has 0 amide bonds. The van der Waals surface area contributed by atoms with Crippen LogP contribution >= 0.6 is 0 Å². The zero-order valence-corrected chi connectivity index (χ0v) is 12.1. The molecule has 2 heterocycles. The molecule has 0 spiro atoms. The Morgan fingerprint density at radius 1 is 0.955 bits per heavy atom. The minimum atomic E-state index is 0.743. The minimum absolute atomic E-state index is 0.743. The van der Waals surface area contributed by atoms with E-state index in [1.807, 2.05) is 54.6 Å². The molecule has 4 aromatic rings. The zero-order valence-electron chi connectivity index (χ0n) is 12.1. The second kappa shape index (κ2) is 5.07. The smallest absolute Gasteiger partial charge is 0.181 e. The first-order chi connectivity index (χ1) is 10.9. The van der Waals surface area contributed by atoms with Crippen LogP contribution in [-0.4, -0.2) is 16.7 Å². The fourth-order valence-corrected chi connectivity index (χ4v) is 2.59. The Morgan fingerprint density at radius 2 is 1.77 bits per heavy atom. The first-order valence-electron chi connectivity index (χ1n) is 7.02. The van der Waals surface area contributed by atoms with Gasteiger partial charge < -0.3 is 9.15 Å². The van der Waals surface area contributed by atoms with Gasteiger partial charge >= 0.3 is 0 Å². The number of methoxy groups -OCH3 is 1. The standard InChI is InChI=1S/C18H14N2O2/c1-21-14-10-8-13(9-11-14)20-16-6-3-2-5-15(16)19-18(20)17-7-4-12-22-17/h2-12H,1H3. The summed E-state index contributed by atoms with van der Waals surface area (Å²) in [6, 6.07) is 19.7. The van der Waals surface area contributed by atoms with E-state index in [1.54, 1.807) is 13.4 Å². The highest BCUT2D eigenvalue weighted by Crippen LogP contribution is 2.29. The molecule has 0 saturated carbocycles. The molecular formula is C18H14N2O2. The van der Waals surface area contributed by atoms with Gasteiger partial charge in [0.25, 0.3) is 0 Å². The second-order valence-corrected chi connectivity index (χ2v) is 4.93. The Hall–Kier alpha value is -3.01. The summed E-state index contributed by atoms with van der Waals surface area (Å²) in [7, 11) is 1.66. The summed E-state index contributed by atoms with van der Waals surface area (Å²) < 4.78 is 12.9. The molecule has 0 aliphatic heterocycles. The van der Waals surface area contributed by atoms with E-state index in [2.05, 4.69) is 10.6 Å². The van der Waals surface area contributed by atoms with Crippen LogP contribution < -0.4 is 4.74 Å². The lowest BCUT2D eigenvalue weighted by molar-refractivity contribution is 0.415. The second-order valence-electron chi connectivity index (χ2n) is 4.93. The maximum atomic E-state index is 5.55. The van der Waals surface area contributed by atoms with Crippen molar-refractivity contribution >= 4 is 11.0 Å². The van der Waals surface area contributed by atoms with Gasteiger partial charge in [-0.25, -0.2) is 4.98 Å². The van der Waals surface area contributed by atoms with Gasteiger partial charge in [-0.15, -0.1) is 0 Å². The normalized spacial score (nSPS) is 11.0. The molecule has 22 heavy (non-hydrogen) atoms. The first kappa shape index (κ1) is 12.7. The lowest BCUT2D eigenvalue weighted by Crippen LogP contribution is -1.97. The average Bonchev–Trinajstić information content (AvgIpc) is 3.22. The Balaban J connectivity index is 1.99. The fraction of sp³-hybridized carbons (Fsp3) is 0.0556. The lowest BCUT2D eigenvalue weighted by Gasteiger charge is -2.09. The van der Waals surface area contributed by atoms with Gasteiger partial charge in [-0.1, -0.05) is 12.1 Å². The fourth-order valence-electron chi connectivity index (χ4n) is 2.59. The third kappa shape index (κ3) is 1.97.